The van der Waals surface area contributed by atoms with Crippen molar-refractivity contribution in [2.24, 2.45) is 5.41 Å². The third-order valence-corrected chi connectivity index (χ3v) is 6.71. The van der Waals surface area contributed by atoms with Gasteiger partial charge >= 0.3 is 0 Å². The molecule has 20 heavy (non-hydrogen) atoms. The van der Waals surface area contributed by atoms with E-state index < -0.39 is 10.0 Å². The van der Waals surface area contributed by atoms with Gasteiger partial charge in [-0.3, -0.25) is 0 Å². The molecule has 0 bridgehead atoms. The van der Waals surface area contributed by atoms with Gasteiger partial charge in [-0.05, 0) is 24.5 Å². The maximum atomic E-state index is 12.5. The lowest BCUT2D eigenvalue weighted by atomic mass is 9.96. The fourth-order valence-corrected chi connectivity index (χ4v) is 5.34. The smallest absolute Gasteiger partial charge is 0.252 e. The number of nitrogens with zero attached hydrogens (tertiary/aromatic N) is 2. The van der Waals surface area contributed by atoms with Gasteiger partial charge in [0.05, 0.1) is 0 Å². The minimum Gasteiger partial charge on any atom is -0.300 e. The molecule has 6 heteroatoms. The standard InChI is InChI=1S/C14H24N2O2S2/c1-12-5-6-13(19-12)20(17,18)16-9-7-15(8-10-16)11-14(2,3)4/h5-6H,7-11H2,1-4H3. The molecule has 4 nitrogen and oxygen atoms in total. The lowest BCUT2D eigenvalue weighted by molar-refractivity contribution is 0.141. The molecule has 1 fully saturated rings. The number of aryl methyl sites for hydroxylation is 1. The SMILES string of the molecule is Cc1ccc(S(=O)(=O)N2CCN(CC(C)(C)C)CC2)s1. The Kier molecular flexibility index (Phi) is 4.59. The minimum absolute atomic E-state index is 0.256. The predicted octanol–water partition coefficient (Wildman–Crippen LogP) is 2.41. The van der Waals surface area contributed by atoms with Crippen LogP contribution in [0, 0.1) is 12.3 Å². The van der Waals surface area contributed by atoms with Crippen LogP contribution >= 0.6 is 11.3 Å². The zero-order chi connectivity index (χ0) is 15.0. The number of sulfonamides is 1. The first kappa shape index (κ1) is 15.9. The maximum absolute atomic E-state index is 12.5. The van der Waals surface area contributed by atoms with E-state index in [9.17, 15) is 8.42 Å². The largest absolute Gasteiger partial charge is 0.300 e. The van der Waals surface area contributed by atoms with Gasteiger partial charge in [0, 0.05) is 37.6 Å². The average molecular weight is 316 g/mol. The molecule has 1 aliphatic heterocycles. The number of rotatable bonds is 3. The van der Waals surface area contributed by atoms with Gasteiger partial charge in [-0.1, -0.05) is 20.8 Å². The van der Waals surface area contributed by atoms with Gasteiger partial charge in [-0.25, -0.2) is 8.42 Å². The van der Waals surface area contributed by atoms with Crippen LogP contribution in [-0.2, 0) is 10.0 Å². The summed E-state index contributed by atoms with van der Waals surface area (Å²) in [4.78, 5) is 3.39. The summed E-state index contributed by atoms with van der Waals surface area (Å²) in [7, 11) is -3.28. The summed E-state index contributed by atoms with van der Waals surface area (Å²) in [5, 5.41) is 0. The van der Waals surface area contributed by atoms with E-state index >= 15 is 0 Å². The highest BCUT2D eigenvalue weighted by atomic mass is 32.2. The van der Waals surface area contributed by atoms with Gasteiger partial charge in [0.15, 0.2) is 0 Å². The summed E-state index contributed by atoms with van der Waals surface area (Å²) in [5.74, 6) is 0. The summed E-state index contributed by atoms with van der Waals surface area (Å²) in [6.45, 7) is 12.4. The van der Waals surface area contributed by atoms with Gasteiger partial charge in [-0.2, -0.15) is 4.31 Å². The van der Waals surface area contributed by atoms with Crippen LogP contribution in [0.5, 0.6) is 0 Å². The second kappa shape index (κ2) is 5.75. The van der Waals surface area contributed by atoms with Crippen molar-refractivity contribution in [2.75, 3.05) is 32.7 Å². The Morgan fingerprint density at radius 1 is 1.15 bits per heavy atom. The first-order valence-corrected chi connectivity index (χ1v) is 9.23. The van der Waals surface area contributed by atoms with Crippen LogP contribution < -0.4 is 0 Å². The van der Waals surface area contributed by atoms with Crippen molar-refractivity contribution in [3.8, 4) is 0 Å². The Hall–Kier alpha value is -0.430. The van der Waals surface area contributed by atoms with Crippen molar-refractivity contribution in [3.05, 3.63) is 17.0 Å². The molecule has 0 aromatic carbocycles. The van der Waals surface area contributed by atoms with E-state index in [1.807, 2.05) is 13.0 Å². The molecule has 1 aromatic heterocycles. The summed E-state index contributed by atoms with van der Waals surface area (Å²) in [5.41, 5.74) is 0.256. The predicted molar refractivity (Wildman–Crippen MR) is 83.7 cm³/mol. The Balaban J connectivity index is 2.00. The van der Waals surface area contributed by atoms with Crippen LogP contribution in [0.2, 0.25) is 0 Å². The van der Waals surface area contributed by atoms with Crippen molar-refractivity contribution in [1.82, 2.24) is 9.21 Å². The van der Waals surface area contributed by atoms with Crippen LogP contribution in [0.15, 0.2) is 16.3 Å². The van der Waals surface area contributed by atoms with Crippen molar-refractivity contribution >= 4 is 21.4 Å². The zero-order valence-electron chi connectivity index (χ0n) is 12.7. The van der Waals surface area contributed by atoms with Crippen LogP contribution in [0.4, 0.5) is 0 Å². The van der Waals surface area contributed by atoms with Gasteiger partial charge in [0.25, 0.3) is 10.0 Å². The molecule has 0 radical (unpaired) electrons. The van der Waals surface area contributed by atoms with Crippen LogP contribution in [0.1, 0.15) is 25.6 Å². The summed E-state index contributed by atoms with van der Waals surface area (Å²) in [6.07, 6.45) is 0. The molecular formula is C14H24N2O2S2. The molecule has 0 spiro atoms. The normalized spacial score (nSPS) is 19.4. The molecule has 2 rings (SSSR count). The monoisotopic (exact) mass is 316 g/mol. The molecule has 0 aliphatic carbocycles. The summed E-state index contributed by atoms with van der Waals surface area (Å²) < 4.78 is 27.1. The van der Waals surface area contributed by atoms with E-state index in [2.05, 4.69) is 25.7 Å². The first-order valence-electron chi connectivity index (χ1n) is 6.97. The number of thiophene rings is 1. The lowest BCUT2D eigenvalue weighted by Crippen LogP contribution is -2.50. The quantitative estimate of drug-likeness (QED) is 0.860. The molecule has 0 amide bonds. The Labute approximate surface area is 126 Å². The molecule has 2 heterocycles. The summed E-state index contributed by atoms with van der Waals surface area (Å²) in [6, 6.07) is 3.59. The van der Waals surface area contributed by atoms with Gasteiger partial charge < -0.3 is 4.90 Å². The molecule has 0 saturated carbocycles. The maximum Gasteiger partial charge on any atom is 0.252 e. The first-order chi connectivity index (χ1) is 9.18. The van der Waals surface area contributed by atoms with Crippen molar-refractivity contribution in [3.63, 3.8) is 0 Å². The molecule has 0 N–H and O–H groups in total. The van der Waals surface area contributed by atoms with E-state index in [1.165, 1.54) is 11.3 Å². The van der Waals surface area contributed by atoms with Crippen LogP contribution in [0.25, 0.3) is 0 Å². The van der Waals surface area contributed by atoms with E-state index in [4.69, 9.17) is 0 Å². The third-order valence-electron chi connectivity index (χ3n) is 3.34. The highest BCUT2D eigenvalue weighted by Gasteiger charge is 2.30. The van der Waals surface area contributed by atoms with Gasteiger partial charge in [-0.15, -0.1) is 11.3 Å². The fraction of sp³-hybridized carbons (Fsp3) is 0.714. The number of hydrogen-bond acceptors (Lipinski definition) is 4. The molecule has 1 aliphatic rings. The lowest BCUT2D eigenvalue weighted by Gasteiger charge is -2.37. The van der Waals surface area contributed by atoms with E-state index in [-0.39, 0.29) is 5.41 Å². The van der Waals surface area contributed by atoms with Crippen molar-refractivity contribution in [1.29, 1.82) is 0 Å². The number of piperazine rings is 1. The minimum atomic E-state index is -3.28. The van der Waals surface area contributed by atoms with E-state index in [1.54, 1.807) is 10.4 Å². The molecule has 1 saturated heterocycles. The highest BCUT2D eigenvalue weighted by Crippen LogP contribution is 2.25. The Morgan fingerprint density at radius 3 is 2.20 bits per heavy atom. The molecule has 1 aromatic rings. The second-order valence-electron chi connectivity index (χ2n) is 6.61. The number of hydrogen-bond donors (Lipinski definition) is 0. The Morgan fingerprint density at radius 2 is 1.75 bits per heavy atom. The fourth-order valence-electron chi connectivity index (χ4n) is 2.48. The van der Waals surface area contributed by atoms with E-state index in [0.29, 0.717) is 17.3 Å². The molecule has 0 atom stereocenters. The highest BCUT2D eigenvalue weighted by molar-refractivity contribution is 7.91. The molecule has 114 valence electrons. The summed E-state index contributed by atoms with van der Waals surface area (Å²) >= 11 is 1.36. The van der Waals surface area contributed by atoms with Crippen LogP contribution in [0.3, 0.4) is 0 Å². The van der Waals surface area contributed by atoms with Gasteiger partial charge in [0.2, 0.25) is 0 Å². The Bertz CT molecular complexity index is 550. The van der Waals surface area contributed by atoms with E-state index in [0.717, 1.165) is 24.5 Å². The van der Waals surface area contributed by atoms with Crippen molar-refractivity contribution in [2.45, 2.75) is 31.9 Å². The van der Waals surface area contributed by atoms with Gasteiger partial charge in [0.1, 0.15) is 4.21 Å². The van der Waals surface area contributed by atoms with Crippen molar-refractivity contribution < 1.29 is 8.42 Å². The second-order valence-corrected chi connectivity index (χ2v) is 10.1. The van der Waals surface area contributed by atoms with Crippen LogP contribution in [-0.4, -0.2) is 50.3 Å². The average Bonchev–Trinajstić information content (AvgIpc) is 2.75. The molecular weight excluding hydrogens is 292 g/mol. The third kappa shape index (κ3) is 3.81. The molecule has 0 unspecified atom stereocenters. The zero-order valence-corrected chi connectivity index (χ0v) is 14.4. The topological polar surface area (TPSA) is 40.6 Å².